The molecule has 1 aromatic heterocycles. The summed E-state index contributed by atoms with van der Waals surface area (Å²) in [6.45, 7) is 2.07. The minimum absolute atomic E-state index is 0.197. The number of aromatic nitrogens is 1. The molecule has 0 saturated heterocycles. The molecule has 0 amide bonds. The predicted octanol–water partition coefficient (Wildman–Crippen LogP) is 4.98. The van der Waals surface area contributed by atoms with Crippen molar-refractivity contribution in [1.29, 1.82) is 0 Å². The van der Waals surface area contributed by atoms with Gasteiger partial charge in [0.25, 0.3) is 0 Å². The molecule has 2 unspecified atom stereocenters. The molecular weight excluding hydrogens is 298 g/mol. The molecule has 2 fully saturated rings. The molecule has 22 heavy (non-hydrogen) atoms. The Morgan fingerprint density at radius 1 is 1.23 bits per heavy atom. The summed E-state index contributed by atoms with van der Waals surface area (Å²) in [5, 5.41) is 0.586. The fourth-order valence-electron chi connectivity index (χ4n) is 4.69. The second-order valence-electron chi connectivity index (χ2n) is 7.40. The first-order valence-electron chi connectivity index (χ1n) is 8.49. The molecule has 0 N–H and O–H groups in total. The molecule has 2 bridgehead atoms. The summed E-state index contributed by atoms with van der Waals surface area (Å²) in [7, 11) is 0. The van der Waals surface area contributed by atoms with Gasteiger partial charge in [-0.05, 0) is 74.8 Å². The van der Waals surface area contributed by atoms with E-state index in [1.165, 1.54) is 12.8 Å². The van der Waals surface area contributed by atoms with Crippen LogP contribution in [0.1, 0.15) is 91.6 Å². The number of carbonyl (C=O) groups excluding carboxylic acids is 1. The van der Waals surface area contributed by atoms with Crippen LogP contribution in [0.3, 0.4) is 0 Å². The Bertz CT molecular complexity index is 622. The SMILES string of the molecule is CC1(OC(=O)c2cnc(Cl)c3c2C2CCC3C2)CCCCC1. The van der Waals surface area contributed by atoms with Crippen LogP contribution in [-0.2, 0) is 4.74 Å². The van der Waals surface area contributed by atoms with E-state index in [2.05, 4.69) is 11.9 Å². The minimum Gasteiger partial charge on any atom is -0.456 e. The van der Waals surface area contributed by atoms with Gasteiger partial charge in [0.15, 0.2) is 0 Å². The minimum atomic E-state index is -0.306. The lowest BCUT2D eigenvalue weighted by molar-refractivity contribution is -0.0270. The van der Waals surface area contributed by atoms with Crippen molar-refractivity contribution in [2.24, 2.45) is 0 Å². The third-order valence-corrected chi connectivity index (χ3v) is 6.13. The van der Waals surface area contributed by atoms with Crippen molar-refractivity contribution in [2.45, 2.75) is 75.7 Å². The number of carbonyl (C=O) groups is 1. The van der Waals surface area contributed by atoms with Crippen LogP contribution in [0.4, 0.5) is 0 Å². The van der Waals surface area contributed by atoms with Gasteiger partial charge < -0.3 is 4.74 Å². The Morgan fingerprint density at radius 3 is 2.64 bits per heavy atom. The number of hydrogen-bond donors (Lipinski definition) is 0. The fraction of sp³-hybridized carbons (Fsp3) is 0.667. The number of halogens is 1. The van der Waals surface area contributed by atoms with Crippen LogP contribution in [0.25, 0.3) is 0 Å². The molecule has 0 aromatic carbocycles. The van der Waals surface area contributed by atoms with Crippen LogP contribution in [0, 0.1) is 0 Å². The highest BCUT2D eigenvalue weighted by atomic mass is 35.5. The fourth-order valence-corrected chi connectivity index (χ4v) is 5.00. The lowest BCUT2D eigenvalue weighted by atomic mass is 9.86. The van der Waals surface area contributed by atoms with E-state index in [1.807, 2.05) is 0 Å². The highest BCUT2D eigenvalue weighted by Crippen LogP contribution is 2.55. The van der Waals surface area contributed by atoms with E-state index in [0.29, 0.717) is 22.6 Å². The predicted molar refractivity (Wildman–Crippen MR) is 85.5 cm³/mol. The van der Waals surface area contributed by atoms with Gasteiger partial charge in [0, 0.05) is 6.20 Å². The van der Waals surface area contributed by atoms with Gasteiger partial charge in [-0.3, -0.25) is 0 Å². The smallest absolute Gasteiger partial charge is 0.340 e. The number of nitrogens with zero attached hydrogens (tertiary/aromatic N) is 1. The second-order valence-corrected chi connectivity index (χ2v) is 7.76. The Hall–Kier alpha value is -1.09. The largest absolute Gasteiger partial charge is 0.456 e. The summed E-state index contributed by atoms with van der Waals surface area (Å²) in [5.41, 5.74) is 2.62. The molecule has 1 aromatic rings. The Kier molecular flexibility index (Phi) is 3.44. The van der Waals surface area contributed by atoms with Crippen LogP contribution in [0.5, 0.6) is 0 Å². The van der Waals surface area contributed by atoms with E-state index in [-0.39, 0.29) is 11.6 Å². The second kappa shape index (κ2) is 5.23. The van der Waals surface area contributed by atoms with Gasteiger partial charge in [0.1, 0.15) is 10.8 Å². The van der Waals surface area contributed by atoms with Gasteiger partial charge in [-0.15, -0.1) is 0 Å². The van der Waals surface area contributed by atoms with E-state index in [4.69, 9.17) is 16.3 Å². The maximum atomic E-state index is 12.8. The Balaban J connectivity index is 1.65. The van der Waals surface area contributed by atoms with Crippen molar-refractivity contribution in [2.75, 3.05) is 0 Å². The molecular formula is C18H22ClNO2. The Morgan fingerprint density at radius 2 is 1.91 bits per heavy atom. The van der Waals surface area contributed by atoms with Crippen LogP contribution in [0.2, 0.25) is 5.15 Å². The van der Waals surface area contributed by atoms with Gasteiger partial charge >= 0.3 is 5.97 Å². The number of rotatable bonds is 2. The number of hydrogen-bond acceptors (Lipinski definition) is 3. The van der Waals surface area contributed by atoms with E-state index in [0.717, 1.165) is 49.7 Å². The van der Waals surface area contributed by atoms with Crippen LogP contribution in [0.15, 0.2) is 6.20 Å². The van der Waals surface area contributed by atoms with Gasteiger partial charge in [-0.25, -0.2) is 9.78 Å². The van der Waals surface area contributed by atoms with Crippen LogP contribution in [-0.4, -0.2) is 16.6 Å². The van der Waals surface area contributed by atoms with E-state index in [9.17, 15) is 4.79 Å². The van der Waals surface area contributed by atoms with Crippen LogP contribution < -0.4 is 0 Å². The summed E-state index contributed by atoms with van der Waals surface area (Å²) in [6, 6.07) is 0. The molecule has 4 heteroatoms. The number of pyridine rings is 1. The number of ether oxygens (including phenoxy) is 1. The van der Waals surface area contributed by atoms with Gasteiger partial charge in [-0.1, -0.05) is 18.0 Å². The van der Waals surface area contributed by atoms with Gasteiger partial charge in [0.2, 0.25) is 0 Å². The lowest BCUT2D eigenvalue weighted by Gasteiger charge is -2.33. The van der Waals surface area contributed by atoms with Gasteiger partial charge in [0.05, 0.1) is 5.56 Å². The molecule has 0 aliphatic heterocycles. The molecule has 3 aliphatic carbocycles. The first-order valence-corrected chi connectivity index (χ1v) is 8.87. The molecule has 3 aliphatic rings. The third kappa shape index (κ3) is 2.25. The van der Waals surface area contributed by atoms with Crippen molar-refractivity contribution in [3.8, 4) is 0 Å². The zero-order valence-electron chi connectivity index (χ0n) is 13.0. The monoisotopic (exact) mass is 319 g/mol. The molecule has 0 spiro atoms. The maximum absolute atomic E-state index is 12.8. The maximum Gasteiger partial charge on any atom is 0.340 e. The number of fused-ring (bicyclic) bond motifs is 5. The Labute approximate surface area is 136 Å². The average Bonchev–Trinajstić information content (AvgIpc) is 3.09. The van der Waals surface area contributed by atoms with E-state index in [1.54, 1.807) is 6.20 Å². The molecule has 3 nitrogen and oxygen atoms in total. The summed E-state index contributed by atoms with van der Waals surface area (Å²) in [6.07, 6.45) is 10.6. The molecule has 118 valence electrons. The zero-order valence-corrected chi connectivity index (χ0v) is 13.8. The quantitative estimate of drug-likeness (QED) is 0.570. The molecule has 4 rings (SSSR count). The summed E-state index contributed by atoms with van der Waals surface area (Å²) in [4.78, 5) is 17.0. The summed E-state index contributed by atoms with van der Waals surface area (Å²) >= 11 is 6.30. The summed E-state index contributed by atoms with van der Waals surface area (Å²) < 4.78 is 5.92. The summed E-state index contributed by atoms with van der Waals surface area (Å²) in [5.74, 6) is 0.776. The highest BCUT2D eigenvalue weighted by molar-refractivity contribution is 6.30. The molecule has 2 saturated carbocycles. The lowest BCUT2D eigenvalue weighted by Crippen LogP contribution is -2.34. The molecule has 0 radical (unpaired) electrons. The standard InChI is InChI=1S/C18H22ClNO2/c1-18(7-3-2-4-8-18)22-17(21)13-10-20-16(19)15-12-6-5-11(9-12)14(13)15/h10-12H,2-9H2,1H3. The van der Waals surface area contributed by atoms with Crippen molar-refractivity contribution in [3.05, 3.63) is 28.0 Å². The van der Waals surface area contributed by atoms with Crippen molar-refractivity contribution >= 4 is 17.6 Å². The highest BCUT2D eigenvalue weighted by Gasteiger charge is 2.42. The first kappa shape index (κ1) is 14.5. The molecule has 2 atom stereocenters. The van der Waals surface area contributed by atoms with Crippen molar-refractivity contribution in [3.63, 3.8) is 0 Å². The topological polar surface area (TPSA) is 39.2 Å². The zero-order chi connectivity index (χ0) is 15.3. The van der Waals surface area contributed by atoms with E-state index < -0.39 is 0 Å². The number of esters is 1. The van der Waals surface area contributed by atoms with E-state index >= 15 is 0 Å². The van der Waals surface area contributed by atoms with Crippen LogP contribution >= 0.6 is 11.6 Å². The van der Waals surface area contributed by atoms with Crippen molar-refractivity contribution in [1.82, 2.24) is 4.98 Å². The molecule has 1 heterocycles. The first-order chi connectivity index (χ1) is 10.6. The van der Waals surface area contributed by atoms with Gasteiger partial charge in [-0.2, -0.15) is 0 Å². The normalized spacial score (nSPS) is 28.5. The third-order valence-electron chi connectivity index (χ3n) is 5.83. The average molecular weight is 320 g/mol. The van der Waals surface area contributed by atoms with Crippen molar-refractivity contribution < 1.29 is 9.53 Å².